The number of hydrogen-bond donors (Lipinski definition) is 0. The Morgan fingerprint density at radius 1 is 0.667 bits per heavy atom. The summed E-state index contributed by atoms with van der Waals surface area (Å²) in [6.07, 6.45) is 0. The zero-order valence-corrected chi connectivity index (χ0v) is 14.2. The molecule has 0 saturated carbocycles. The van der Waals surface area contributed by atoms with Crippen LogP contribution in [0, 0.1) is 0 Å². The first-order valence-electron chi connectivity index (χ1n) is 7.49. The van der Waals surface area contributed by atoms with E-state index in [2.05, 4.69) is 15.9 Å². The highest BCUT2D eigenvalue weighted by Crippen LogP contribution is 2.31. The van der Waals surface area contributed by atoms with Gasteiger partial charge in [-0.2, -0.15) is 0 Å². The van der Waals surface area contributed by atoms with Crippen molar-refractivity contribution in [2.24, 2.45) is 0 Å². The quantitative estimate of drug-likeness (QED) is 0.594. The van der Waals surface area contributed by atoms with Crippen LogP contribution in [0.4, 0.5) is 5.69 Å². The van der Waals surface area contributed by atoms with E-state index in [4.69, 9.17) is 0 Å². The first-order chi connectivity index (χ1) is 11.6. The lowest BCUT2D eigenvalue weighted by Gasteiger charge is -2.14. The van der Waals surface area contributed by atoms with Gasteiger partial charge in [0.2, 0.25) is 0 Å². The predicted molar refractivity (Wildman–Crippen MR) is 97.2 cm³/mol. The van der Waals surface area contributed by atoms with Crippen LogP contribution in [-0.4, -0.2) is 11.8 Å². The van der Waals surface area contributed by atoms with E-state index < -0.39 is 0 Å². The number of imide groups is 1. The molecule has 3 aromatic rings. The van der Waals surface area contributed by atoms with Crippen LogP contribution < -0.4 is 4.90 Å². The maximum atomic E-state index is 12.6. The van der Waals surface area contributed by atoms with Crippen molar-refractivity contribution >= 4 is 33.4 Å². The van der Waals surface area contributed by atoms with Crippen molar-refractivity contribution in [2.75, 3.05) is 4.90 Å². The first-order valence-corrected chi connectivity index (χ1v) is 8.28. The summed E-state index contributed by atoms with van der Waals surface area (Å²) in [5.41, 5.74) is 3.59. The van der Waals surface area contributed by atoms with Crippen molar-refractivity contribution in [3.63, 3.8) is 0 Å². The molecule has 2 amide bonds. The molecule has 4 rings (SSSR count). The minimum atomic E-state index is -0.288. The Balaban J connectivity index is 1.70. The maximum Gasteiger partial charge on any atom is 0.266 e. The molecule has 0 radical (unpaired) electrons. The van der Waals surface area contributed by atoms with Crippen molar-refractivity contribution in [2.45, 2.75) is 0 Å². The van der Waals surface area contributed by atoms with Crippen molar-refractivity contribution in [3.8, 4) is 11.1 Å². The number of rotatable bonds is 2. The highest BCUT2D eigenvalue weighted by molar-refractivity contribution is 9.10. The average molecular weight is 378 g/mol. The van der Waals surface area contributed by atoms with Gasteiger partial charge in [0.1, 0.15) is 0 Å². The molecule has 4 heteroatoms. The molecule has 0 aromatic heterocycles. The monoisotopic (exact) mass is 377 g/mol. The summed E-state index contributed by atoms with van der Waals surface area (Å²) in [5.74, 6) is -0.571. The van der Waals surface area contributed by atoms with Crippen molar-refractivity contribution < 1.29 is 9.59 Å². The normalized spacial score (nSPS) is 13.3. The van der Waals surface area contributed by atoms with E-state index in [0.717, 1.165) is 15.6 Å². The number of carbonyl (C=O) groups is 2. The minimum absolute atomic E-state index is 0.282. The largest absolute Gasteiger partial charge is 0.268 e. The molecule has 116 valence electrons. The summed E-state index contributed by atoms with van der Waals surface area (Å²) < 4.78 is 0.781. The van der Waals surface area contributed by atoms with Gasteiger partial charge < -0.3 is 0 Å². The van der Waals surface area contributed by atoms with Gasteiger partial charge in [-0.15, -0.1) is 0 Å². The van der Waals surface area contributed by atoms with Crippen molar-refractivity contribution in [1.29, 1.82) is 0 Å². The summed E-state index contributed by atoms with van der Waals surface area (Å²) in [5, 5.41) is 0. The lowest BCUT2D eigenvalue weighted by atomic mass is 10.1. The molecule has 24 heavy (non-hydrogen) atoms. The predicted octanol–water partition coefficient (Wildman–Crippen LogP) is 4.92. The number of halogens is 1. The van der Waals surface area contributed by atoms with E-state index in [0.29, 0.717) is 16.8 Å². The first kappa shape index (κ1) is 14.8. The molecule has 0 spiro atoms. The van der Waals surface area contributed by atoms with Crippen LogP contribution in [-0.2, 0) is 0 Å². The van der Waals surface area contributed by atoms with E-state index in [9.17, 15) is 9.59 Å². The topological polar surface area (TPSA) is 37.4 Å². The van der Waals surface area contributed by atoms with Gasteiger partial charge in [0, 0.05) is 4.47 Å². The van der Waals surface area contributed by atoms with Gasteiger partial charge in [-0.05, 0) is 41.5 Å². The maximum absolute atomic E-state index is 12.6. The smallest absolute Gasteiger partial charge is 0.266 e. The average Bonchev–Trinajstić information content (AvgIpc) is 2.86. The molecule has 0 atom stereocenters. The second-order valence-corrected chi connectivity index (χ2v) is 6.46. The van der Waals surface area contributed by atoms with Crippen LogP contribution >= 0.6 is 15.9 Å². The van der Waals surface area contributed by atoms with Gasteiger partial charge in [-0.1, -0.05) is 58.4 Å². The van der Waals surface area contributed by atoms with Gasteiger partial charge in [0.25, 0.3) is 11.8 Å². The van der Waals surface area contributed by atoms with Gasteiger partial charge in [0.15, 0.2) is 0 Å². The Bertz CT molecular complexity index is 949. The highest BCUT2D eigenvalue weighted by Gasteiger charge is 2.36. The van der Waals surface area contributed by atoms with E-state index in [1.54, 1.807) is 30.3 Å². The molecule has 0 aliphatic carbocycles. The molecule has 1 aliphatic heterocycles. The van der Waals surface area contributed by atoms with Gasteiger partial charge in [0.05, 0.1) is 16.8 Å². The second-order valence-electron chi connectivity index (χ2n) is 5.55. The summed E-state index contributed by atoms with van der Waals surface area (Å²) >= 11 is 3.34. The molecule has 3 aromatic carbocycles. The molecule has 0 saturated heterocycles. The SMILES string of the molecule is O=C1c2ccc(Br)cc2C(=O)N1c1ccc(-c2ccccc2)cc1. The number of anilines is 1. The number of fused-ring (bicyclic) bond motifs is 1. The standard InChI is InChI=1S/C20H12BrNO2/c21-15-8-11-17-18(12-15)20(24)22(19(17)23)16-9-6-14(7-10-16)13-4-2-1-3-5-13/h1-12H. The van der Waals surface area contributed by atoms with Crippen molar-refractivity contribution in [1.82, 2.24) is 0 Å². The summed E-state index contributed by atoms with van der Waals surface area (Å²) in [7, 11) is 0. The molecule has 3 nitrogen and oxygen atoms in total. The van der Waals surface area contributed by atoms with Crippen molar-refractivity contribution in [3.05, 3.63) is 88.4 Å². The van der Waals surface area contributed by atoms with Crippen LogP contribution in [0.25, 0.3) is 11.1 Å². The second kappa shape index (κ2) is 5.73. The van der Waals surface area contributed by atoms with Crippen LogP contribution in [0.5, 0.6) is 0 Å². The zero-order valence-electron chi connectivity index (χ0n) is 12.6. The molecule has 1 aliphatic rings. The molecule has 0 unspecified atom stereocenters. The molecule has 0 N–H and O–H groups in total. The Morgan fingerprint density at radius 3 is 2.00 bits per heavy atom. The third-order valence-corrected chi connectivity index (χ3v) is 4.57. The summed E-state index contributed by atoms with van der Waals surface area (Å²) in [6.45, 7) is 0. The van der Waals surface area contributed by atoms with E-state index in [1.807, 2.05) is 42.5 Å². The third kappa shape index (κ3) is 2.36. The summed E-state index contributed by atoms with van der Waals surface area (Å²) in [4.78, 5) is 26.4. The van der Waals surface area contributed by atoms with E-state index in [1.165, 1.54) is 4.90 Å². The molecule has 1 heterocycles. The number of hydrogen-bond acceptors (Lipinski definition) is 2. The number of carbonyl (C=O) groups excluding carboxylic acids is 2. The van der Waals surface area contributed by atoms with E-state index >= 15 is 0 Å². The molecule has 0 bridgehead atoms. The Kier molecular flexibility index (Phi) is 3.54. The van der Waals surface area contributed by atoms with Crippen LogP contribution in [0.1, 0.15) is 20.7 Å². The van der Waals surface area contributed by atoms with Crippen LogP contribution in [0.2, 0.25) is 0 Å². The van der Waals surface area contributed by atoms with Gasteiger partial charge in [-0.25, -0.2) is 4.90 Å². The fraction of sp³-hybridized carbons (Fsp3) is 0. The Hall–Kier alpha value is -2.72. The molecular weight excluding hydrogens is 366 g/mol. The van der Waals surface area contributed by atoms with E-state index in [-0.39, 0.29) is 11.8 Å². The Morgan fingerprint density at radius 2 is 1.29 bits per heavy atom. The highest BCUT2D eigenvalue weighted by atomic mass is 79.9. The number of benzene rings is 3. The number of nitrogens with zero attached hydrogens (tertiary/aromatic N) is 1. The fourth-order valence-corrected chi connectivity index (χ4v) is 3.24. The fourth-order valence-electron chi connectivity index (χ4n) is 2.88. The molecular formula is C20H12BrNO2. The van der Waals surface area contributed by atoms with Gasteiger partial charge in [-0.3, -0.25) is 9.59 Å². The minimum Gasteiger partial charge on any atom is -0.268 e. The Labute approximate surface area is 147 Å². The third-order valence-electron chi connectivity index (χ3n) is 4.08. The zero-order chi connectivity index (χ0) is 16.7. The van der Waals surface area contributed by atoms with Crippen LogP contribution in [0.3, 0.4) is 0 Å². The van der Waals surface area contributed by atoms with Crippen LogP contribution in [0.15, 0.2) is 77.3 Å². The number of amides is 2. The molecule has 0 fully saturated rings. The lowest BCUT2D eigenvalue weighted by molar-refractivity contribution is 0.0926. The lowest BCUT2D eigenvalue weighted by Crippen LogP contribution is -2.29. The van der Waals surface area contributed by atoms with Gasteiger partial charge >= 0.3 is 0 Å². The summed E-state index contributed by atoms with van der Waals surface area (Å²) in [6, 6.07) is 22.6.